The Morgan fingerprint density at radius 3 is 2.53 bits per heavy atom. The molecule has 5 heteroatoms. The minimum atomic E-state index is -1.25. The van der Waals surface area contributed by atoms with E-state index in [0.717, 1.165) is 5.69 Å². The van der Waals surface area contributed by atoms with E-state index in [-0.39, 0.29) is 0 Å². The third kappa shape index (κ3) is 3.03. The second-order valence-electron chi connectivity index (χ2n) is 4.13. The van der Waals surface area contributed by atoms with Crippen LogP contribution in [0.1, 0.15) is 36.3 Å². The molecule has 0 saturated heterocycles. The molecule has 0 aliphatic rings. The summed E-state index contributed by atoms with van der Waals surface area (Å²) in [4.78, 5) is 26.9. The van der Waals surface area contributed by atoms with Gasteiger partial charge < -0.3 is 10.4 Å². The van der Waals surface area contributed by atoms with E-state index in [4.69, 9.17) is 5.11 Å². The van der Waals surface area contributed by atoms with Crippen molar-refractivity contribution < 1.29 is 14.7 Å². The number of aryl methyl sites for hydroxylation is 1. The monoisotopic (exact) mass is 236 g/mol. The van der Waals surface area contributed by atoms with Crippen LogP contribution in [0.3, 0.4) is 0 Å². The molecule has 0 aromatic carbocycles. The number of rotatable bonds is 4. The van der Waals surface area contributed by atoms with Gasteiger partial charge in [-0.3, -0.25) is 9.78 Å². The lowest BCUT2D eigenvalue weighted by atomic mass is 9.99. The molecule has 17 heavy (non-hydrogen) atoms. The zero-order chi connectivity index (χ0) is 13.1. The highest BCUT2D eigenvalue weighted by atomic mass is 16.4. The highest BCUT2D eigenvalue weighted by molar-refractivity contribution is 5.97. The predicted octanol–water partition coefficient (Wildman–Crippen LogP) is 1.37. The van der Waals surface area contributed by atoms with Crippen LogP contribution < -0.4 is 5.32 Å². The van der Waals surface area contributed by atoms with Crippen LogP contribution >= 0.6 is 0 Å². The molecule has 0 spiro atoms. The van der Waals surface area contributed by atoms with Crippen LogP contribution in [0.4, 0.5) is 0 Å². The highest BCUT2D eigenvalue weighted by Crippen LogP contribution is 2.11. The van der Waals surface area contributed by atoms with Crippen molar-refractivity contribution in [2.45, 2.75) is 32.7 Å². The van der Waals surface area contributed by atoms with Crippen molar-refractivity contribution in [3.63, 3.8) is 0 Å². The van der Waals surface area contributed by atoms with Gasteiger partial charge in [0.2, 0.25) is 0 Å². The summed E-state index contributed by atoms with van der Waals surface area (Å²) < 4.78 is 0. The van der Waals surface area contributed by atoms with E-state index < -0.39 is 17.4 Å². The molecule has 2 N–H and O–H groups in total. The zero-order valence-corrected chi connectivity index (χ0v) is 10.2. The maximum atomic E-state index is 11.8. The zero-order valence-electron chi connectivity index (χ0n) is 10.2. The van der Waals surface area contributed by atoms with Crippen LogP contribution in [0.15, 0.2) is 18.3 Å². The topological polar surface area (TPSA) is 79.3 Å². The Morgan fingerprint density at radius 1 is 1.47 bits per heavy atom. The quantitative estimate of drug-likeness (QED) is 0.827. The van der Waals surface area contributed by atoms with Crippen molar-refractivity contribution in [1.82, 2.24) is 10.3 Å². The van der Waals surface area contributed by atoms with Gasteiger partial charge in [0.25, 0.3) is 5.91 Å². The Labute approximate surface area is 99.9 Å². The molecule has 1 unspecified atom stereocenters. The fourth-order valence-electron chi connectivity index (χ4n) is 1.22. The van der Waals surface area contributed by atoms with Crippen LogP contribution in [-0.4, -0.2) is 27.5 Å². The Kier molecular flexibility index (Phi) is 3.83. The van der Waals surface area contributed by atoms with E-state index in [1.165, 1.54) is 13.1 Å². The van der Waals surface area contributed by atoms with Gasteiger partial charge in [0.15, 0.2) is 0 Å². The first-order chi connectivity index (χ1) is 7.89. The van der Waals surface area contributed by atoms with Crippen molar-refractivity contribution in [2.24, 2.45) is 0 Å². The van der Waals surface area contributed by atoms with Crippen molar-refractivity contribution in [3.8, 4) is 0 Å². The van der Waals surface area contributed by atoms with Crippen molar-refractivity contribution in [1.29, 1.82) is 0 Å². The Hall–Kier alpha value is -1.91. The number of carboxylic acids is 1. The number of carbonyl (C=O) groups excluding carboxylic acids is 1. The lowest BCUT2D eigenvalue weighted by Crippen LogP contribution is -2.51. The second-order valence-corrected chi connectivity index (χ2v) is 4.13. The molecular formula is C12H16N2O3. The fraction of sp³-hybridized carbons (Fsp3) is 0.417. The Bertz CT molecular complexity index is 428. The summed E-state index contributed by atoms with van der Waals surface area (Å²) in [5.74, 6) is -1.47. The molecule has 92 valence electrons. The van der Waals surface area contributed by atoms with Crippen molar-refractivity contribution >= 4 is 11.9 Å². The predicted molar refractivity (Wildman–Crippen MR) is 62.8 cm³/mol. The number of carbonyl (C=O) groups is 2. The first-order valence-electron chi connectivity index (χ1n) is 5.37. The van der Waals surface area contributed by atoms with Gasteiger partial charge in [0.1, 0.15) is 5.54 Å². The lowest BCUT2D eigenvalue weighted by molar-refractivity contribution is -0.143. The minimum Gasteiger partial charge on any atom is -0.480 e. The first-order valence-corrected chi connectivity index (χ1v) is 5.37. The van der Waals surface area contributed by atoms with Gasteiger partial charge in [-0.05, 0) is 32.4 Å². The van der Waals surface area contributed by atoms with E-state index in [9.17, 15) is 9.59 Å². The summed E-state index contributed by atoms with van der Waals surface area (Å²) in [6, 6.07) is 3.33. The smallest absolute Gasteiger partial charge is 0.329 e. The summed E-state index contributed by atoms with van der Waals surface area (Å²) in [5.41, 5.74) is -0.0864. The van der Waals surface area contributed by atoms with Crippen LogP contribution in [0, 0.1) is 6.92 Å². The average Bonchev–Trinajstić information content (AvgIpc) is 2.29. The van der Waals surface area contributed by atoms with E-state index in [0.29, 0.717) is 12.0 Å². The summed E-state index contributed by atoms with van der Waals surface area (Å²) in [6.45, 7) is 5.01. The summed E-state index contributed by atoms with van der Waals surface area (Å²) in [6.07, 6.45) is 1.75. The molecule has 1 atom stereocenters. The minimum absolute atomic E-state index is 0.313. The van der Waals surface area contributed by atoms with E-state index in [2.05, 4.69) is 10.3 Å². The molecule has 1 heterocycles. The normalized spacial score (nSPS) is 13.8. The number of carboxylic acid groups (broad SMARTS) is 1. The Balaban J connectivity index is 2.85. The maximum absolute atomic E-state index is 11.8. The number of nitrogens with zero attached hydrogens (tertiary/aromatic N) is 1. The molecule has 0 fully saturated rings. The lowest BCUT2D eigenvalue weighted by Gasteiger charge is -2.24. The summed E-state index contributed by atoms with van der Waals surface area (Å²) in [5, 5.41) is 11.5. The number of hydrogen-bond donors (Lipinski definition) is 2. The van der Waals surface area contributed by atoms with Crippen LogP contribution in [-0.2, 0) is 4.79 Å². The van der Waals surface area contributed by atoms with Crippen LogP contribution in [0.2, 0.25) is 0 Å². The molecular weight excluding hydrogens is 220 g/mol. The molecule has 0 aliphatic heterocycles. The maximum Gasteiger partial charge on any atom is 0.329 e. The van der Waals surface area contributed by atoms with Crippen molar-refractivity contribution in [2.75, 3.05) is 0 Å². The van der Waals surface area contributed by atoms with E-state index in [1.54, 1.807) is 19.1 Å². The standard InChI is InChI=1S/C12H16N2O3/c1-4-12(3,11(16)17)14-10(15)9-6-5-8(2)13-7-9/h5-7H,4H2,1-3H3,(H,14,15)(H,16,17). The van der Waals surface area contributed by atoms with Crippen LogP contribution in [0.25, 0.3) is 0 Å². The van der Waals surface area contributed by atoms with Gasteiger partial charge in [-0.15, -0.1) is 0 Å². The fourth-order valence-corrected chi connectivity index (χ4v) is 1.22. The number of nitrogens with one attached hydrogen (secondary N) is 1. The highest BCUT2D eigenvalue weighted by Gasteiger charge is 2.32. The van der Waals surface area contributed by atoms with Gasteiger partial charge in [-0.2, -0.15) is 0 Å². The summed E-state index contributed by atoms with van der Waals surface area (Å²) >= 11 is 0. The molecule has 0 saturated carbocycles. The van der Waals surface area contributed by atoms with Crippen LogP contribution in [0.5, 0.6) is 0 Å². The number of aromatic nitrogens is 1. The third-order valence-corrected chi connectivity index (χ3v) is 2.74. The van der Waals surface area contributed by atoms with E-state index in [1.807, 2.05) is 6.92 Å². The summed E-state index contributed by atoms with van der Waals surface area (Å²) in [7, 11) is 0. The molecule has 0 radical (unpaired) electrons. The first kappa shape index (κ1) is 13.2. The van der Waals surface area contributed by atoms with Gasteiger partial charge in [-0.25, -0.2) is 4.79 Å². The molecule has 1 aromatic rings. The largest absolute Gasteiger partial charge is 0.480 e. The molecule has 0 bridgehead atoms. The van der Waals surface area contributed by atoms with E-state index >= 15 is 0 Å². The van der Waals surface area contributed by atoms with Gasteiger partial charge in [-0.1, -0.05) is 6.92 Å². The Morgan fingerprint density at radius 2 is 2.12 bits per heavy atom. The van der Waals surface area contributed by atoms with Gasteiger partial charge in [0, 0.05) is 11.9 Å². The second kappa shape index (κ2) is 4.95. The molecule has 1 aromatic heterocycles. The number of aliphatic carboxylic acids is 1. The number of hydrogen-bond acceptors (Lipinski definition) is 3. The molecule has 1 amide bonds. The molecule has 5 nitrogen and oxygen atoms in total. The third-order valence-electron chi connectivity index (χ3n) is 2.74. The SMILES string of the molecule is CCC(C)(NC(=O)c1ccc(C)nc1)C(=O)O. The van der Waals surface area contributed by atoms with Gasteiger partial charge in [0.05, 0.1) is 5.56 Å². The number of amides is 1. The number of pyridine rings is 1. The molecule has 1 rings (SSSR count). The molecule has 0 aliphatic carbocycles. The average molecular weight is 236 g/mol. The van der Waals surface area contributed by atoms with Crippen molar-refractivity contribution in [3.05, 3.63) is 29.6 Å². The van der Waals surface area contributed by atoms with Gasteiger partial charge >= 0.3 is 5.97 Å².